The Bertz CT molecular complexity index is 382. The molecule has 1 aromatic carbocycles. The Balaban J connectivity index is 1.95. The molecule has 4 N–H and O–H groups in total. The average molecular weight is 270 g/mol. The van der Waals surface area contributed by atoms with E-state index in [9.17, 15) is 15.3 Å². The van der Waals surface area contributed by atoms with Gasteiger partial charge < -0.3 is 29.9 Å². The van der Waals surface area contributed by atoms with Crippen LogP contribution in [0.1, 0.15) is 5.56 Å². The van der Waals surface area contributed by atoms with E-state index in [0.29, 0.717) is 0 Å². The van der Waals surface area contributed by atoms with Crippen molar-refractivity contribution in [2.75, 3.05) is 6.61 Å². The molecule has 1 saturated heterocycles. The Morgan fingerprint density at radius 2 is 1.68 bits per heavy atom. The van der Waals surface area contributed by atoms with Crippen LogP contribution in [0.2, 0.25) is 0 Å². The molecule has 19 heavy (non-hydrogen) atoms. The lowest BCUT2D eigenvalue weighted by Crippen LogP contribution is -2.59. The summed E-state index contributed by atoms with van der Waals surface area (Å²) in [6, 6.07) is 9.28. The van der Waals surface area contributed by atoms with Gasteiger partial charge in [0.15, 0.2) is 6.29 Å². The molecule has 1 heterocycles. The van der Waals surface area contributed by atoms with Gasteiger partial charge in [0.1, 0.15) is 24.4 Å². The summed E-state index contributed by atoms with van der Waals surface area (Å²) >= 11 is 0. The minimum atomic E-state index is -1.41. The molecule has 2 rings (SSSR count). The van der Waals surface area contributed by atoms with E-state index >= 15 is 0 Å². The van der Waals surface area contributed by atoms with Gasteiger partial charge in [0.2, 0.25) is 0 Å². The normalized spacial score (nSPS) is 35.3. The van der Waals surface area contributed by atoms with Crippen molar-refractivity contribution in [1.29, 1.82) is 0 Å². The zero-order valence-electron chi connectivity index (χ0n) is 10.3. The summed E-state index contributed by atoms with van der Waals surface area (Å²) in [6.45, 7) is -0.264. The molecule has 0 aromatic heterocycles. The summed E-state index contributed by atoms with van der Waals surface area (Å²) in [5, 5.41) is 38.0. The first-order valence-electron chi connectivity index (χ1n) is 6.09. The molecule has 5 atom stereocenters. The first kappa shape index (κ1) is 14.4. The van der Waals surface area contributed by atoms with Gasteiger partial charge in [0.25, 0.3) is 0 Å². The molecule has 1 aromatic rings. The molecule has 0 saturated carbocycles. The molecule has 1 aliphatic heterocycles. The third kappa shape index (κ3) is 3.30. The number of aliphatic hydroxyl groups excluding tert-OH is 4. The summed E-state index contributed by atoms with van der Waals surface area (Å²) in [6.07, 6.45) is -6.17. The largest absolute Gasteiger partial charge is 0.394 e. The maximum Gasteiger partial charge on any atom is 0.187 e. The SMILES string of the molecule is OC[C@H]1OC(OCc2ccccc2)[C@H](O)[C@H](O)[C@@H]1O. The van der Waals surface area contributed by atoms with Gasteiger partial charge in [-0.05, 0) is 5.56 Å². The van der Waals surface area contributed by atoms with Gasteiger partial charge >= 0.3 is 0 Å². The Labute approximate surface area is 110 Å². The number of hydrogen-bond donors (Lipinski definition) is 4. The molecule has 0 aliphatic carbocycles. The number of rotatable bonds is 4. The average Bonchev–Trinajstić information content (AvgIpc) is 2.45. The first-order valence-corrected chi connectivity index (χ1v) is 6.09. The zero-order valence-corrected chi connectivity index (χ0v) is 10.3. The molecule has 6 heteroatoms. The van der Waals surface area contributed by atoms with Crippen molar-refractivity contribution in [1.82, 2.24) is 0 Å². The van der Waals surface area contributed by atoms with Crippen LogP contribution in [0.25, 0.3) is 0 Å². The van der Waals surface area contributed by atoms with Gasteiger partial charge in [-0.1, -0.05) is 30.3 Å². The summed E-state index contributed by atoms with van der Waals surface area (Å²) < 4.78 is 10.6. The highest BCUT2D eigenvalue weighted by Gasteiger charge is 2.43. The van der Waals surface area contributed by atoms with Gasteiger partial charge in [-0.15, -0.1) is 0 Å². The molecular weight excluding hydrogens is 252 g/mol. The van der Waals surface area contributed by atoms with Gasteiger partial charge in [0, 0.05) is 0 Å². The van der Waals surface area contributed by atoms with Gasteiger partial charge in [0.05, 0.1) is 13.2 Å². The number of hydrogen-bond acceptors (Lipinski definition) is 6. The van der Waals surface area contributed by atoms with E-state index in [4.69, 9.17) is 14.6 Å². The van der Waals surface area contributed by atoms with Crippen molar-refractivity contribution >= 4 is 0 Å². The maximum absolute atomic E-state index is 9.76. The Morgan fingerprint density at radius 3 is 2.32 bits per heavy atom. The number of aliphatic hydroxyl groups is 4. The van der Waals surface area contributed by atoms with E-state index in [1.54, 1.807) is 0 Å². The van der Waals surface area contributed by atoms with Crippen LogP contribution in [0.15, 0.2) is 30.3 Å². The van der Waals surface area contributed by atoms with Gasteiger partial charge in [-0.25, -0.2) is 0 Å². The second kappa shape index (κ2) is 6.42. The summed E-state index contributed by atoms with van der Waals surface area (Å²) in [5.41, 5.74) is 0.888. The van der Waals surface area contributed by atoms with Crippen molar-refractivity contribution in [3.63, 3.8) is 0 Å². The highest BCUT2D eigenvalue weighted by Crippen LogP contribution is 2.22. The van der Waals surface area contributed by atoms with E-state index in [-0.39, 0.29) is 6.61 Å². The lowest BCUT2D eigenvalue weighted by molar-refractivity contribution is -0.304. The fourth-order valence-electron chi connectivity index (χ4n) is 1.96. The van der Waals surface area contributed by atoms with Crippen LogP contribution >= 0.6 is 0 Å². The molecule has 1 unspecified atom stereocenters. The quantitative estimate of drug-likeness (QED) is 0.560. The maximum atomic E-state index is 9.76. The van der Waals surface area contributed by atoms with E-state index in [1.165, 1.54) is 0 Å². The lowest BCUT2D eigenvalue weighted by Gasteiger charge is -2.39. The van der Waals surface area contributed by atoms with Crippen LogP contribution in [0.5, 0.6) is 0 Å². The predicted molar refractivity (Wildman–Crippen MR) is 65.0 cm³/mol. The van der Waals surface area contributed by atoms with E-state index in [1.807, 2.05) is 30.3 Å². The van der Waals surface area contributed by atoms with Crippen molar-refractivity contribution in [2.45, 2.75) is 37.3 Å². The molecule has 0 bridgehead atoms. The third-order valence-electron chi connectivity index (χ3n) is 3.11. The Hall–Kier alpha value is -1.02. The second-order valence-electron chi connectivity index (χ2n) is 4.49. The van der Waals surface area contributed by atoms with Crippen LogP contribution in [0.3, 0.4) is 0 Å². The van der Waals surface area contributed by atoms with Crippen molar-refractivity contribution in [3.8, 4) is 0 Å². The molecule has 0 radical (unpaired) electrons. The molecular formula is C13H18O6. The van der Waals surface area contributed by atoms with Crippen LogP contribution < -0.4 is 0 Å². The molecule has 0 amide bonds. The number of ether oxygens (including phenoxy) is 2. The molecule has 1 aliphatic rings. The summed E-state index contributed by atoms with van der Waals surface area (Å²) in [5.74, 6) is 0. The summed E-state index contributed by atoms with van der Waals surface area (Å²) in [7, 11) is 0. The van der Waals surface area contributed by atoms with E-state index < -0.39 is 37.3 Å². The predicted octanol–water partition coefficient (Wildman–Crippen LogP) is -0.997. The van der Waals surface area contributed by atoms with Crippen LogP contribution in [-0.2, 0) is 16.1 Å². The van der Waals surface area contributed by atoms with Crippen molar-refractivity contribution in [2.24, 2.45) is 0 Å². The third-order valence-corrected chi connectivity index (χ3v) is 3.11. The standard InChI is InChI=1S/C13H18O6/c14-6-9-10(15)11(16)12(17)13(19-9)18-7-8-4-2-1-3-5-8/h1-5,9-17H,6-7H2/t9-,10-,11-,12-,13?/m1/s1. The lowest BCUT2D eigenvalue weighted by atomic mass is 9.99. The van der Waals surface area contributed by atoms with Crippen LogP contribution in [0.4, 0.5) is 0 Å². The Morgan fingerprint density at radius 1 is 1.00 bits per heavy atom. The fraction of sp³-hybridized carbons (Fsp3) is 0.538. The van der Waals surface area contributed by atoms with Gasteiger partial charge in [-0.2, -0.15) is 0 Å². The minimum Gasteiger partial charge on any atom is -0.394 e. The molecule has 0 spiro atoms. The monoisotopic (exact) mass is 270 g/mol. The van der Waals surface area contributed by atoms with Crippen molar-refractivity contribution < 1.29 is 29.9 Å². The molecule has 1 fully saturated rings. The second-order valence-corrected chi connectivity index (χ2v) is 4.49. The van der Waals surface area contributed by atoms with Crippen LogP contribution in [-0.4, -0.2) is 57.7 Å². The van der Waals surface area contributed by atoms with Crippen LogP contribution in [0, 0.1) is 0 Å². The highest BCUT2D eigenvalue weighted by atomic mass is 16.7. The first-order chi connectivity index (χ1) is 9.13. The van der Waals surface area contributed by atoms with Gasteiger partial charge in [-0.3, -0.25) is 0 Å². The zero-order chi connectivity index (χ0) is 13.8. The smallest absolute Gasteiger partial charge is 0.187 e. The number of benzene rings is 1. The van der Waals surface area contributed by atoms with Crippen molar-refractivity contribution in [3.05, 3.63) is 35.9 Å². The summed E-state index contributed by atoms with van der Waals surface area (Å²) in [4.78, 5) is 0. The topological polar surface area (TPSA) is 99.4 Å². The van der Waals surface area contributed by atoms with E-state index in [2.05, 4.69) is 0 Å². The van der Waals surface area contributed by atoms with E-state index in [0.717, 1.165) is 5.56 Å². The minimum absolute atomic E-state index is 0.198. The molecule has 6 nitrogen and oxygen atoms in total. The Kier molecular flexibility index (Phi) is 4.87. The highest BCUT2D eigenvalue weighted by molar-refractivity contribution is 5.13. The fourth-order valence-corrected chi connectivity index (χ4v) is 1.96. The molecule has 106 valence electrons.